The standard InChI is InChI=1S/C8H9BFIO4S/c1-5-6(4-16(10,14)15)2-7(9(12)13)3-8(5)11/h2-3,12-13H,4H2,1H3. The third kappa shape index (κ3) is 3.68. The SMILES string of the molecule is Cc1c(I)cc(B(O)O)cc1CS(=O)(=O)F. The molecular weight excluding hydrogens is 349 g/mol. The van der Waals surface area contributed by atoms with E-state index in [0.717, 1.165) is 0 Å². The highest BCUT2D eigenvalue weighted by atomic mass is 127. The largest absolute Gasteiger partial charge is 0.488 e. The van der Waals surface area contributed by atoms with Crippen molar-refractivity contribution in [1.29, 1.82) is 0 Å². The second-order valence-corrected chi connectivity index (χ2v) is 5.87. The molecule has 0 aliphatic rings. The lowest BCUT2D eigenvalue weighted by Crippen LogP contribution is -2.31. The Hall–Kier alpha value is -0.185. The van der Waals surface area contributed by atoms with Gasteiger partial charge in [0.1, 0.15) is 5.75 Å². The van der Waals surface area contributed by atoms with Crippen molar-refractivity contribution in [2.75, 3.05) is 0 Å². The first-order valence-corrected chi connectivity index (χ1v) is 6.91. The van der Waals surface area contributed by atoms with Crippen LogP contribution in [0.4, 0.5) is 3.89 Å². The quantitative estimate of drug-likeness (QED) is 0.456. The lowest BCUT2D eigenvalue weighted by Gasteiger charge is -2.09. The maximum Gasteiger partial charge on any atom is 0.488 e. The van der Waals surface area contributed by atoms with Crippen LogP contribution in [0, 0.1) is 10.5 Å². The molecule has 16 heavy (non-hydrogen) atoms. The number of halogens is 2. The Morgan fingerprint density at radius 1 is 1.44 bits per heavy atom. The van der Waals surface area contributed by atoms with Gasteiger partial charge in [0.15, 0.2) is 0 Å². The van der Waals surface area contributed by atoms with Crippen molar-refractivity contribution in [2.45, 2.75) is 12.7 Å². The molecule has 0 spiro atoms. The van der Waals surface area contributed by atoms with E-state index in [9.17, 15) is 12.3 Å². The van der Waals surface area contributed by atoms with Crippen LogP contribution in [0.1, 0.15) is 11.1 Å². The summed E-state index contributed by atoms with van der Waals surface area (Å²) in [4.78, 5) is 0. The summed E-state index contributed by atoms with van der Waals surface area (Å²) in [5.41, 5.74) is 0.998. The van der Waals surface area contributed by atoms with Gasteiger partial charge in [0, 0.05) is 3.57 Å². The number of benzene rings is 1. The number of hydrogen-bond acceptors (Lipinski definition) is 4. The molecule has 0 aliphatic heterocycles. The number of hydrogen-bond donors (Lipinski definition) is 2. The Morgan fingerprint density at radius 2 is 2.00 bits per heavy atom. The minimum atomic E-state index is -4.63. The fourth-order valence-corrected chi connectivity index (χ4v) is 2.62. The van der Waals surface area contributed by atoms with E-state index < -0.39 is 23.1 Å². The van der Waals surface area contributed by atoms with E-state index in [2.05, 4.69) is 0 Å². The highest BCUT2D eigenvalue weighted by molar-refractivity contribution is 14.1. The predicted octanol–water partition coefficient (Wildman–Crippen LogP) is 0.0787. The van der Waals surface area contributed by atoms with Gasteiger partial charge in [-0.2, -0.15) is 8.42 Å². The summed E-state index contributed by atoms with van der Waals surface area (Å²) < 4.78 is 34.3. The zero-order valence-electron chi connectivity index (χ0n) is 8.31. The lowest BCUT2D eigenvalue weighted by atomic mass is 9.79. The van der Waals surface area contributed by atoms with Gasteiger partial charge in [0.05, 0.1) is 0 Å². The predicted molar refractivity (Wildman–Crippen MR) is 67.5 cm³/mol. The minimum absolute atomic E-state index is 0.147. The van der Waals surface area contributed by atoms with Crippen LogP contribution in [0.15, 0.2) is 12.1 Å². The molecule has 0 aliphatic carbocycles. The first kappa shape index (κ1) is 13.9. The Balaban J connectivity index is 3.27. The zero-order valence-corrected chi connectivity index (χ0v) is 11.3. The molecular formula is C8H9BFIO4S. The lowest BCUT2D eigenvalue weighted by molar-refractivity contribution is 0.425. The summed E-state index contributed by atoms with van der Waals surface area (Å²) in [7, 11) is -6.32. The highest BCUT2D eigenvalue weighted by Crippen LogP contribution is 2.17. The monoisotopic (exact) mass is 358 g/mol. The van der Waals surface area contributed by atoms with Gasteiger partial charge >= 0.3 is 17.3 Å². The van der Waals surface area contributed by atoms with E-state index in [4.69, 9.17) is 10.0 Å². The van der Waals surface area contributed by atoms with Crippen molar-refractivity contribution in [3.63, 3.8) is 0 Å². The Kier molecular flexibility index (Phi) is 4.32. The smallest absolute Gasteiger partial charge is 0.423 e. The topological polar surface area (TPSA) is 74.6 Å². The molecule has 8 heteroatoms. The highest BCUT2D eigenvalue weighted by Gasteiger charge is 2.18. The van der Waals surface area contributed by atoms with Gasteiger partial charge in [-0.05, 0) is 52.2 Å². The molecule has 0 heterocycles. The van der Waals surface area contributed by atoms with Crippen molar-refractivity contribution < 1.29 is 22.4 Å². The molecule has 1 aromatic carbocycles. The molecule has 0 fully saturated rings. The van der Waals surface area contributed by atoms with E-state index in [1.54, 1.807) is 6.92 Å². The second-order valence-electron chi connectivity index (χ2n) is 3.34. The van der Waals surface area contributed by atoms with Crippen molar-refractivity contribution in [2.24, 2.45) is 0 Å². The maximum atomic E-state index is 12.6. The molecule has 4 nitrogen and oxygen atoms in total. The fourth-order valence-electron chi connectivity index (χ4n) is 1.24. The van der Waals surface area contributed by atoms with Gasteiger partial charge in [-0.1, -0.05) is 6.07 Å². The summed E-state index contributed by atoms with van der Waals surface area (Å²) >= 11 is 1.92. The van der Waals surface area contributed by atoms with Gasteiger partial charge in [0.25, 0.3) is 0 Å². The maximum absolute atomic E-state index is 12.6. The van der Waals surface area contributed by atoms with Crippen LogP contribution in [-0.4, -0.2) is 25.6 Å². The summed E-state index contributed by atoms with van der Waals surface area (Å²) in [6, 6.07) is 2.79. The molecule has 0 atom stereocenters. The molecule has 1 rings (SSSR count). The zero-order chi connectivity index (χ0) is 12.5. The van der Waals surface area contributed by atoms with Crippen LogP contribution in [-0.2, 0) is 16.0 Å². The van der Waals surface area contributed by atoms with Crippen LogP contribution in [0.5, 0.6) is 0 Å². The molecule has 1 aromatic rings. The van der Waals surface area contributed by atoms with Crippen LogP contribution in [0.25, 0.3) is 0 Å². The molecule has 0 radical (unpaired) electrons. The molecule has 0 saturated heterocycles. The van der Waals surface area contributed by atoms with E-state index in [-0.39, 0.29) is 11.0 Å². The fraction of sp³-hybridized carbons (Fsp3) is 0.250. The van der Waals surface area contributed by atoms with Crippen molar-refractivity contribution in [3.05, 3.63) is 26.8 Å². The summed E-state index contributed by atoms with van der Waals surface area (Å²) in [5, 5.41) is 17.9. The van der Waals surface area contributed by atoms with Crippen molar-refractivity contribution in [1.82, 2.24) is 0 Å². The van der Waals surface area contributed by atoms with Crippen LogP contribution in [0.2, 0.25) is 0 Å². The van der Waals surface area contributed by atoms with Gasteiger partial charge in [-0.25, -0.2) is 0 Å². The molecule has 0 amide bonds. The third-order valence-corrected chi connectivity index (χ3v) is 3.88. The summed E-state index contributed by atoms with van der Waals surface area (Å²) in [6.45, 7) is 1.65. The van der Waals surface area contributed by atoms with Crippen molar-refractivity contribution >= 4 is 45.4 Å². The van der Waals surface area contributed by atoms with Crippen LogP contribution in [0.3, 0.4) is 0 Å². The second kappa shape index (κ2) is 4.99. The third-order valence-electron chi connectivity index (χ3n) is 2.10. The van der Waals surface area contributed by atoms with E-state index in [0.29, 0.717) is 9.13 Å². The van der Waals surface area contributed by atoms with Crippen LogP contribution < -0.4 is 5.46 Å². The van der Waals surface area contributed by atoms with Gasteiger partial charge in [-0.3, -0.25) is 0 Å². The molecule has 2 N–H and O–H groups in total. The minimum Gasteiger partial charge on any atom is -0.423 e. The molecule has 0 unspecified atom stereocenters. The number of rotatable bonds is 3. The molecule has 0 saturated carbocycles. The van der Waals surface area contributed by atoms with Gasteiger partial charge < -0.3 is 10.0 Å². The van der Waals surface area contributed by atoms with Gasteiger partial charge in [-0.15, -0.1) is 3.89 Å². The van der Waals surface area contributed by atoms with Gasteiger partial charge in [0.2, 0.25) is 0 Å². The van der Waals surface area contributed by atoms with E-state index in [1.807, 2.05) is 22.6 Å². The summed E-state index contributed by atoms with van der Waals surface area (Å²) in [6.07, 6.45) is 0. The first-order valence-electron chi connectivity index (χ1n) is 4.28. The normalized spacial score (nSPS) is 11.6. The first-order chi connectivity index (χ1) is 7.20. The average molecular weight is 358 g/mol. The van der Waals surface area contributed by atoms with E-state index in [1.165, 1.54) is 12.1 Å². The molecule has 0 bridgehead atoms. The Bertz CT molecular complexity index is 503. The van der Waals surface area contributed by atoms with Crippen LogP contribution >= 0.6 is 22.6 Å². The van der Waals surface area contributed by atoms with E-state index >= 15 is 0 Å². The average Bonchev–Trinajstić information content (AvgIpc) is 2.10. The molecule has 88 valence electrons. The summed E-state index contributed by atoms with van der Waals surface area (Å²) in [5.74, 6) is -0.755. The van der Waals surface area contributed by atoms with Crippen molar-refractivity contribution in [3.8, 4) is 0 Å². The Labute approximate surface area is 107 Å². The molecule has 0 aromatic heterocycles. The Morgan fingerprint density at radius 3 is 2.44 bits per heavy atom.